The van der Waals surface area contributed by atoms with Gasteiger partial charge in [-0.1, -0.05) is 27.5 Å². The van der Waals surface area contributed by atoms with Crippen molar-refractivity contribution in [1.82, 2.24) is 0 Å². The van der Waals surface area contributed by atoms with Gasteiger partial charge in [0.1, 0.15) is 5.75 Å². The minimum absolute atomic E-state index is 0.350. The molecule has 0 heterocycles. The maximum atomic E-state index is 10.9. The first-order valence-corrected chi connectivity index (χ1v) is 7.25. The SMILES string of the molecule is CC(Oc1ccc(Br)cc1Oc1ccc(Cl)cc1)C(=O)O. The molecule has 1 atom stereocenters. The Kier molecular flexibility index (Phi) is 5.09. The molecule has 0 saturated heterocycles. The van der Waals surface area contributed by atoms with Gasteiger partial charge in [0.25, 0.3) is 0 Å². The number of carboxylic acids is 1. The summed E-state index contributed by atoms with van der Waals surface area (Å²) in [5.74, 6) is 0.295. The predicted molar refractivity (Wildman–Crippen MR) is 83.4 cm³/mol. The average Bonchev–Trinajstić information content (AvgIpc) is 2.44. The van der Waals surface area contributed by atoms with Crippen LogP contribution >= 0.6 is 27.5 Å². The maximum absolute atomic E-state index is 10.9. The molecule has 0 saturated carbocycles. The van der Waals surface area contributed by atoms with Crippen LogP contribution in [0.2, 0.25) is 5.02 Å². The Morgan fingerprint density at radius 3 is 2.48 bits per heavy atom. The Balaban J connectivity index is 2.26. The summed E-state index contributed by atoms with van der Waals surface area (Å²) in [6.45, 7) is 1.45. The summed E-state index contributed by atoms with van der Waals surface area (Å²) in [4.78, 5) is 10.9. The Labute approximate surface area is 135 Å². The van der Waals surface area contributed by atoms with Crippen LogP contribution in [0.3, 0.4) is 0 Å². The lowest BCUT2D eigenvalue weighted by atomic mass is 10.3. The van der Waals surface area contributed by atoms with Crippen molar-refractivity contribution in [3.8, 4) is 17.2 Å². The van der Waals surface area contributed by atoms with Crippen molar-refractivity contribution in [2.75, 3.05) is 0 Å². The second-order valence-electron chi connectivity index (χ2n) is 4.25. The summed E-state index contributed by atoms with van der Waals surface area (Å²) >= 11 is 9.17. The molecule has 110 valence electrons. The molecule has 1 N–H and O–H groups in total. The maximum Gasteiger partial charge on any atom is 0.344 e. The van der Waals surface area contributed by atoms with Crippen LogP contribution in [-0.2, 0) is 4.79 Å². The zero-order valence-corrected chi connectivity index (χ0v) is 13.4. The molecule has 1 unspecified atom stereocenters. The summed E-state index contributed by atoms with van der Waals surface area (Å²) < 4.78 is 11.9. The number of carboxylic acid groups (broad SMARTS) is 1. The molecule has 2 aromatic rings. The predicted octanol–water partition coefficient (Wildman–Crippen LogP) is 4.75. The Hall–Kier alpha value is -1.72. The number of hydrogen-bond donors (Lipinski definition) is 1. The van der Waals surface area contributed by atoms with E-state index >= 15 is 0 Å². The van der Waals surface area contributed by atoms with Crippen molar-refractivity contribution in [3.05, 3.63) is 52.0 Å². The van der Waals surface area contributed by atoms with E-state index in [1.807, 2.05) is 0 Å². The van der Waals surface area contributed by atoms with Gasteiger partial charge in [0.15, 0.2) is 17.6 Å². The minimum Gasteiger partial charge on any atom is -0.479 e. The van der Waals surface area contributed by atoms with Crippen LogP contribution in [0, 0.1) is 0 Å². The third-order valence-electron chi connectivity index (χ3n) is 2.60. The van der Waals surface area contributed by atoms with Crippen LogP contribution < -0.4 is 9.47 Å². The third-order valence-corrected chi connectivity index (χ3v) is 3.34. The van der Waals surface area contributed by atoms with Crippen LogP contribution in [0.4, 0.5) is 0 Å². The smallest absolute Gasteiger partial charge is 0.344 e. The first kappa shape index (κ1) is 15.7. The van der Waals surface area contributed by atoms with E-state index in [2.05, 4.69) is 15.9 Å². The fourth-order valence-electron chi connectivity index (χ4n) is 1.53. The van der Waals surface area contributed by atoms with Crippen LogP contribution in [0.25, 0.3) is 0 Å². The highest BCUT2D eigenvalue weighted by atomic mass is 79.9. The summed E-state index contributed by atoms with van der Waals surface area (Å²) in [7, 11) is 0. The van der Waals surface area contributed by atoms with Gasteiger partial charge in [-0.3, -0.25) is 0 Å². The van der Waals surface area contributed by atoms with E-state index in [0.717, 1.165) is 4.47 Å². The zero-order valence-electron chi connectivity index (χ0n) is 11.0. The molecule has 0 spiro atoms. The van der Waals surface area contributed by atoms with Crippen LogP contribution in [0.15, 0.2) is 46.9 Å². The lowest BCUT2D eigenvalue weighted by Crippen LogP contribution is -2.23. The largest absolute Gasteiger partial charge is 0.479 e. The topological polar surface area (TPSA) is 55.8 Å². The Morgan fingerprint density at radius 1 is 1.19 bits per heavy atom. The molecule has 0 radical (unpaired) electrons. The fraction of sp³-hybridized carbons (Fsp3) is 0.133. The first-order chi connectivity index (χ1) is 9.95. The van der Waals surface area contributed by atoms with E-state index in [4.69, 9.17) is 26.2 Å². The van der Waals surface area contributed by atoms with Crippen molar-refractivity contribution in [3.63, 3.8) is 0 Å². The Morgan fingerprint density at radius 2 is 1.86 bits per heavy atom. The second-order valence-corrected chi connectivity index (χ2v) is 5.60. The third kappa shape index (κ3) is 4.37. The lowest BCUT2D eigenvalue weighted by molar-refractivity contribution is -0.144. The normalized spacial score (nSPS) is 11.8. The number of halogens is 2. The molecule has 4 nitrogen and oxygen atoms in total. The van der Waals surface area contributed by atoms with Gasteiger partial charge in [-0.15, -0.1) is 0 Å². The molecule has 0 aromatic heterocycles. The monoisotopic (exact) mass is 370 g/mol. The number of hydrogen-bond acceptors (Lipinski definition) is 3. The van der Waals surface area contributed by atoms with Gasteiger partial charge in [0, 0.05) is 9.50 Å². The zero-order chi connectivity index (χ0) is 15.4. The highest BCUT2D eigenvalue weighted by molar-refractivity contribution is 9.10. The van der Waals surface area contributed by atoms with Crippen LogP contribution in [0.5, 0.6) is 17.2 Å². The highest BCUT2D eigenvalue weighted by Gasteiger charge is 2.16. The van der Waals surface area contributed by atoms with Crippen molar-refractivity contribution in [2.45, 2.75) is 13.0 Å². The second kappa shape index (κ2) is 6.83. The van der Waals surface area contributed by atoms with Gasteiger partial charge in [0.05, 0.1) is 0 Å². The van der Waals surface area contributed by atoms with Gasteiger partial charge in [-0.2, -0.15) is 0 Å². The molecule has 0 aliphatic carbocycles. The highest BCUT2D eigenvalue weighted by Crippen LogP contribution is 2.35. The van der Waals surface area contributed by atoms with E-state index in [1.54, 1.807) is 42.5 Å². The van der Waals surface area contributed by atoms with Crippen molar-refractivity contribution < 1.29 is 19.4 Å². The standard InChI is InChI=1S/C15H12BrClO4/c1-9(15(18)19)20-13-7-2-10(16)8-14(13)21-12-5-3-11(17)4-6-12/h2-9H,1H3,(H,18,19). The van der Waals surface area contributed by atoms with E-state index in [0.29, 0.717) is 22.3 Å². The van der Waals surface area contributed by atoms with Crippen molar-refractivity contribution in [1.29, 1.82) is 0 Å². The van der Waals surface area contributed by atoms with E-state index in [-0.39, 0.29) is 0 Å². The molecule has 2 rings (SSSR count). The fourth-order valence-corrected chi connectivity index (χ4v) is 2.00. The first-order valence-electron chi connectivity index (χ1n) is 6.08. The van der Waals surface area contributed by atoms with Gasteiger partial charge >= 0.3 is 5.97 Å². The molecule has 0 amide bonds. The van der Waals surface area contributed by atoms with Gasteiger partial charge in [-0.05, 0) is 49.4 Å². The quantitative estimate of drug-likeness (QED) is 0.824. The number of aliphatic carboxylic acids is 1. The summed E-state index contributed by atoms with van der Waals surface area (Å²) in [6, 6.07) is 11.9. The van der Waals surface area contributed by atoms with E-state index < -0.39 is 12.1 Å². The molecule has 0 fully saturated rings. The molecule has 0 bridgehead atoms. The molecular weight excluding hydrogens is 360 g/mol. The average molecular weight is 372 g/mol. The van der Waals surface area contributed by atoms with E-state index in [1.165, 1.54) is 6.92 Å². The molecule has 21 heavy (non-hydrogen) atoms. The Bertz CT molecular complexity index is 643. The van der Waals surface area contributed by atoms with Crippen molar-refractivity contribution >= 4 is 33.5 Å². The van der Waals surface area contributed by atoms with Crippen molar-refractivity contribution in [2.24, 2.45) is 0 Å². The summed E-state index contributed by atoms with van der Waals surface area (Å²) in [5, 5.41) is 9.52. The molecule has 0 aliphatic rings. The lowest BCUT2D eigenvalue weighted by Gasteiger charge is -2.15. The minimum atomic E-state index is -1.05. The number of ether oxygens (including phenoxy) is 2. The van der Waals surface area contributed by atoms with Crippen LogP contribution in [0.1, 0.15) is 6.92 Å². The molecule has 6 heteroatoms. The summed E-state index contributed by atoms with van der Waals surface area (Å²) in [6.07, 6.45) is -0.973. The molecule has 0 aliphatic heterocycles. The van der Waals surface area contributed by atoms with Gasteiger partial charge in [-0.25, -0.2) is 4.79 Å². The molecular formula is C15H12BrClO4. The molecule has 2 aromatic carbocycles. The van der Waals surface area contributed by atoms with Gasteiger partial charge in [0.2, 0.25) is 0 Å². The number of rotatable bonds is 5. The summed E-state index contributed by atoms with van der Waals surface area (Å²) in [5.41, 5.74) is 0. The van der Waals surface area contributed by atoms with Gasteiger partial charge < -0.3 is 14.6 Å². The number of benzene rings is 2. The van der Waals surface area contributed by atoms with E-state index in [9.17, 15) is 4.79 Å². The van der Waals surface area contributed by atoms with Crippen LogP contribution in [-0.4, -0.2) is 17.2 Å². The number of carbonyl (C=O) groups is 1.